The predicted molar refractivity (Wildman–Crippen MR) is 46.0 cm³/mol. The summed E-state index contributed by atoms with van der Waals surface area (Å²) in [5.74, 6) is 0. The molecule has 0 radical (unpaired) electrons. The van der Waals surface area contributed by atoms with Crippen LogP contribution in [0.1, 0.15) is 19.3 Å². The van der Waals surface area contributed by atoms with Gasteiger partial charge in [0, 0.05) is 12.1 Å². The Bertz CT molecular complexity index is 161. The lowest BCUT2D eigenvalue weighted by molar-refractivity contribution is 0.166. The zero-order chi connectivity index (χ0) is 8.97. The van der Waals surface area contributed by atoms with Gasteiger partial charge in [0.2, 0.25) is 0 Å². The average Bonchev–Trinajstić information content (AvgIpc) is 2.52. The number of carbonyl (C=O) groups is 1. The molecule has 4 nitrogen and oxygen atoms in total. The first kappa shape index (κ1) is 9.32. The molecule has 2 N–H and O–H groups in total. The maximum absolute atomic E-state index is 10.8. The van der Waals surface area contributed by atoms with Gasteiger partial charge in [0.05, 0.1) is 7.11 Å². The van der Waals surface area contributed by atoms with Gasteiger partial charge in [-0.2, -0.15) is 0 Å². The summed E-state index contributed by atoms with van der Waals surface area (Å²) >= 11 is 0. The summed E-state index contributed by atoms with van der Waals surface area (Å²) in [5.41, 5.74) is 0. The molecule has 70 valence electrons. The van der Waals surface area contributed by atoms with Gasteiger partial charge in [0.25, 0.3) is 0 Å². The fourth-order valence-electron chi connectivity index (χ4n) is 1.60. The minimum atomic E-state index is -0.322. The summed E-state index contributed by atoms with van der Waals surface area (Å²) in [6.45, 7) is 0. The van der Waals surface area contributed by atoms with Gasteiger partial charge in [-0.3, -0.25) is 0 Å². The van der Waals surface area contributed by atoms with Crippen molar-refractivity contribution in [3.05, 3.63) is 0 Å². The Balaban J connectivity index is 2.23. The van der Waals surface area contributed by atoms with Crippen molar-refractivity contribution in [3.8, 4) is 0 Å². The number of hydrogen-bond donors (Lipinski definition) is 2. The van der Waals surface area contributed by atoms with Crippen LogP contribution in [0, 0.1) is 0 Å². The van der Waals surface area contributed by atoms with Gasteiger partial charge in [-0.1, -0.05) is 0 Å². The van der Waals surface area contributed by atoms with Gasteiger partial charge in [-0.25, -0.2) is 4.79 Å². The van der Waals surface area contributed by atoms with Crippen LogP contribution in [-0.2, 0) is 4.74 Å². The summed E-state index contributed by atoms with van der Waals surface area (Å²) < 4.78 is 4.51. The van der Waals surface area contributed by atoms with E-state index in [-0.39, 0.29) is 12.1 Å². The van der Waals surface area contributed by atoms with Gasteiger partial charge in [0.1, 0.15) is 0 Å². The highest BCUT2D eigenvalue weighted by molar-refractivity contribution is 5.67. The van der Waals surface area contributed by atoms with Gasteiger partial charge < -0.3 is 15.4 Å². The summed E-state index contributed by atoms with van der Waals surface area (Å²) in [5, 5.41) is 5.98. The van der Waals surface area contributed by atoms with E-state index in [4.69, 9.17) is 0 Å². The number of amides is 1. The lowest BCUT2D eigenvalue weighted by atomic mass is 10.2. The molecule has 0 aromatic carbocycles. The van der Waals surface area contributed by atoms with Crippen molar-refractivity contribution in [3.63, 3.8) is 0 Å². The zero-order valence-corrected chi connectivity index (χ0v) is 7.59. The summed E-state index contributed by atoms with van der Waals surface area (Å²) in [6.07, 6.45) is 2.86. The van der Waals surface area contributed by atoms with E-state index in [0.717, 1.165) is 19.3 Å². The molecule has 0 aliphatic heterocycles. The first-order chi connectivity index (χ1) is 5.76. The van der Waals surface area contributed by atoms with E-state index in [1.165, 1.54) is 7.11 Å². The molecule has 1 aliphatic carbocycles. The van der Waals surface area contributed by atoms with Crippen molar-refractivity contribution < 1.29 is 9.53 Å². The van der Waals surface area contributed by atoms with E-state index in [1.807, 2.05) is 7.05 Å². The van der Waals surface area contributed by atoms with Crippen LogP contribution in [0.3, 0.4) is 0 Å². The Morgan fingerprint density at radius 1 is 1.42 bits per heavy atom. The molecular formula is C8H16N2O2. The maximum Gasteiger partial charge on any atom is 0.407 e. The van der Waals surface area contributed by atoms with Crippen LogP contribution in [0.4, 0.5) is 4.79 Å². The van der Waals surface area contributed by atoms with E-state index in [9.17, 15) is 4.79 Å². The lowest BCUT2D eigenvalue weighted by Crippen LogP contribution is -2.34. The van der Waals surface area contributed by atoms with E-state index in [0.29, 0.717) is 6.04 Å². The van der Waals surface area contributed by atoms with Crippen LogP contribution in [0.5, 0.6) is 0 Å². The molecule has 12 heavy (non-hydrogen) atoms. The van der Waals surface area contributed by atoms with Crippen molar-refractivity contribution in [2.24, 2.45) is 0 Å². The Hall–Kier alpha value is -0.770. The van der Waals surface area contributed by atoms with Crippen LogP contribution in [0.15, 0.2) is 0 Å². The van der Waals surface area contributed by atoms with Crippen LogP contribution in [-0.4, -0.2) is 32.3 Å². The van der Waals surface area contributed by atoms with Crippen LogP contribution in [0.25, 0.3) is 0 Å². The first-order valence-electron chi connectivity index (χ1n) is 4.28. The number of methoxy groups -OCH3 is 1. The van der Waals surface area contributed by atoms with Gasteiger partial charge >= 0.3 is 6.09 Å². The zero-order valence-electron chi connectivity index (χ0n) is 7.59. The average molecular weight is 172 g/mol. The van der Waals surface area contributed by atoms with Crippen molar-refractivity contribution in [2.75, 3.05) is 14.2 Å². The smallest absolute Gasteiger partial charge is 0.407 e. The SMILES string of the molecule is CNC1CCC(NC(=O)OC)C1. The highest BCUT2D eigenvalue weighted by Gasteiger charge is 2.24. The lowest BCUT2D eigenvalue weighted by Gasteiger charge is -2.11. The minimum absolute atomic E-state index is 0.287. The number of alkyl carbamates (subject to hydrolysis) is 1. The number of hydrogen-bond acceptors (Lipinski definition) is 3. The molecule has 1 fully saturated rings. The fraction of sp³-hybridized carbons (Fsp3) is 0.875. The number of ether oxygens (including phenoxy) is 1. The monoisotopic (exact) mass is 172 g/mol. The summed E-state index contributed by atoms with van der Waals surface area (Å²) in [7, 11) is 3.34. The molecule has 0 aromatic heterocycles. The molecule has 0 bridgehead atoms. The van der Waals surface area contributed by atoms with Crippen LogP contribution >= 0.6 is 0 Å². The Labute approximate surface area is 72.7 Å². The van der Waals surface area contributed by atoms with Gasteiger partial charge in [-0.05, 0) is 26.3 Å². The predicted octanol–water partition coefficient (Wildman–Crippen LogP) is 0.483. The summed E-state index contributed by atoms with van der Waals surface area (Å²) in [4.78, 5) is 10.8. The molecule has 0 heterocycles. The molecule has 0 spiro atoms. The number of nitrogens with one attached hydrogen (secondary N) is 2. The van der Waals surface area contributed by atoms with E-state index < -0.39 is 0 Å². The molecule has 1 saturated carbocycles. The maximum atomic E-state index is 10.8. The standard InChI is InChI=1S/C8H16N2O2/c1-9-6-3-4-7(5-6)10-8(11)12-2/h6-7,9H,3-5H2,1-2H3,(H,10,11). The van der Waals surface area contributed by atoms with Crippen molar-refractivity contribution in [1.29, 1.82) is 0 Å². The van der Waals surface area contributed by atoms with Crippen LogP contribution < -0.4 is 10.6 Å². The first-order valence-corrected chi connectivity index (χ1v) is 4.28. The van der Waals surface area contributed by atoms with Crippen molar-refractivity contribution >= 4 is 6.09 Å². The highest BCUT2D eigenvalue weighted by Crippen LogP contribution is 2.18. The minimum Gasteiger partial charge on any atom is -0.453 e. The van der Waals surface area contributed by atoms with Gasteiger partial charge in [-0.15, -0.1) is 0 Å². The highest BCUT2D eigenvalue weighted by atomic mass is 16.5. The molecule has 0 aromatic rings. The third kappa shape index (κ3) is 2.37. The Morgan fingerprint density at radius 3 is 2.58 bits per heavy atom. The van der Waals surface area contributed by atoms with E-state index in [2.05, 4.69) is 15.4 Å². The molecule has 1 aliphatic rings. The van der Waals surface area contributed by atoms with Gasteiger partial charge in [0.15, 0.2) is 0 Å². The molecule has 0 saturated heterocycles. The fourth-order valence-corrected chi connectivity index (χ4v) is 1.60. The number of carbonyl (C=O) groups excluding carboxylic acids is 1. The summed E-state index contributed by atoms with van der Waals surface area (Å²) in [6, 6.07) is 0.835. The molecule has 2 atom stereocenters. The molecule has 4 heteroatoms. The second kappa shape index (κ2) is 4.30. The van der Waals surface area contributed by atoms with Crippen molar-refractivity contribution in [2.45, 2.75) is 31.3 Å². The second-order valence-electron chi connectivity index (χ2n) is 3.13. The van der Waals surface area contributed by atoms with E-state index >= 15 is 0 Å². The quantitative estimate of drug-likeness (QED) is 0.637. The Morgan fingerprint density at radius 2 is 2.08 bits per heavy atom. The number of rotatable bonds is 2. The van der Waals surface area contributed by atoms with Crippen LogP contribution in [0.2, 0.25) is 0 Å². The van der Waals surface area contributed by atoms with Crippen molar-refractivity contribution in [1.82, 2.24) is 10.6 Å². The third-order valence-electron chi connectivity index (χ3n) is 2.35. The Kier molecular flexibility index (Phi) is 3.34. The third-order valence-corrected chi connectivity index (χ3v) is 2.35. The largest absolute Gasteiger partial charge is 0.453 e. The molecule has 1 amide bonds. The molecular weight excluding hydrogens is 156 g/mol. The molecule has 2 unspecified atom stereocenters. The molecule has 1 rings (SSSR count). The second-order valence-corrected chi connectivity index (χ2v) is 3.13. The topological polar surface area (TPSA) is 50.4 Å². The van der Waals surface area contributed by atoms with E-state index in [1.54, 1.807) is 0 Å². The normalized spacial score (nSPS) is 28.5.